The summed E-state index contributed by atoms with van der Waals surface area (Å²) in [5.74, 6) is 0.154. The third-order valence-corrected chi connectivity index (χ3v) is 7.69. The van der Waals surface area contributed by atoms with Crippen LogP contribution < -0.4 is 5.32 Å². The first-order valence-electron chi connectivity index (χ1n) is 14.7. The van der Waals surface area contributed by atoms with Gasteiger partial charge >= 0.3 is 7.82 Å². The molecule has 35 heavy (non-hydrogen) atoms. The van der Waals surface area contributed by atoms with Crippen LogP contribution in [0.4, 0.5) is 0 Å². The number of unbranched alkanes of at least 4 members (excludes halogenated alkanes) is 16. The molecule has 0 rings (SSSR count). The molecule has 6 nitrogen and oxygen atoms in total. The number of phosphoric ester groups is 1. The summed E-state index contributed by atoms with van der Waals surface area (Å²) in [5.41, 5.74) is 0. The minimum atomic E-state index is -4.06. The molecule has 7 heteroatoms. The topological polar surface area (TPSA) is 84.9 Å². The molecule has 0 aromatic carbocycles. The zero-order valence-corrected chi connectivity index (χ0v) is 24.3. The van der Waals surface area contributed by atoms with Gasteiger partial charge in [-0.3, -0.25) is 13.8 Å². The van der Waals surface area contributed by atoms with Crippen molar-refractivity contribution in [1.29, 1.82) is 0 Å². The Morgan fingerprint density at radius 3 is 1.66 bits per heavy atom. The molecule has 210 valence electrons. The maximum absolute atomic E-state index is 12.0. The van der Waals surface area contributed by atoms with E-state index < -0.39 is 7.82 Å². The fraction of sp³-hybridized carbons (Fsp3) is 0.964. The number of phosphoric acid groups is 1. The van der Waals surface area contributed by atoms with Gasteiger partial charge in [0.15, 0.2) is 0 Å². The molecule has 0 aliphatic heterocycles. The lowest BCUT2D eigenvalue weighted by Crippen LogP contribution is -2.16. The molecule has 0 heterocycles. The molecule has 0 fully saturated rings. The number of Topliss-reactive ketones (excluding diaryl/α,β-unsaturated/α-hetero) is 1. The predicted octanol–water partition coefficient (Wildman–Crippen LogP) is 8.37. The van der Waals surface area contributed by atoms with Gasteiger partial charge in [0.2, 0.25) is 0 Å². The Kier molecular flexibility index (Phi) is 25.2. The van der Waals surface area contributed by atoms with Gasteiger partial charge in [-0.2, -0.15) is 0 Å². The summed E-state index contributed by atoms with van der Waals surface area (Å²) in [6.07, 6.45) is 24.5. The lowest BCUT2D eigenvalue weighted by atomic mass is 9.95. The van der Waals surface area contributed by atoms with Crippen LogP contribution in [0.5, 0.6) is 0 Å². The van der Waals surface area contributed by atoms with E-state index >= 15 is 0 Å². The Bertz CT molecular complexity index is 518. The summed E-state index contributed by atoms with van der Waals surface area (Å²) < 4.78 is 22.1. The van der Waals surface area contributed by atoms with Crippen LogP contribution in [0, 0.1) is 5.92 Å². The molecule has 0 amide bonds. The van der Waals surface area contributed by atoms with Crippen LogP contribution in [-0.2, 0) is 18.4 Å². The van der Waals surface area contributed by atoms with E-state index in [0.29, 0.717) is 19.4 Å². The van der Waals surface area contributed by atoms with Crippen LogP contribution in [0.1, 0.15) is 142 Å². The first-order chi connectivity index (χ1) is 16.9. The van der Waals surface area contributed by atoms with Gasteiger partial charge < -0.3 is 10.2 Å². The number of nitrogens with one attached hydrogen (secondary N) is 1. The van der Waals surface area contributed by atoms with Gasteiger partial charge in [-0.15, -0.1) is 0 Å². The highest BCUT2D eigenvalue weighted by Crippen LogP contribution is 2.43. The first-order valence-corrected chi connectivity index (χ1v) is 16.2. The SMILES string of the molecule is CCCCCCCCCCCCCCCCCCCC(COP(=O)(O)OCCNC)CC(=O)CC. The number of carbonyl (C=O) groups is 1. The summed E-state index contributed by atoms with van der Waals surface area (Å²) in [7, 11) is -2.31. The molecule has 0 aromatic rings. The Morgan fingerprint density at radius 1 is 0.771 bits per heavy atom. The van der Waals surface area contributed by atoms with E-state index in [0.717, 1.165) is 19.3 Å². The second-order valence-electron chi connectivity index (χ2n) is 10.1. The molecule has 0 saturated heterocycles. The molecule has 0 aliphatic rings. The molecule has 2 atom stereocenters. The average Bonchev–Trinajstić information content (AvgIpc) is 2.84. The predicted molar refractivity (Wildman–Crippen MR) is 148 cm³/mol. The van der Waals surface area contributed by atoms with E-state index in [4.69, 9.17) is 9.05 Å². The van der Waals surface area contributed by atoms with Crippen LogP contribution in [0.2, 0.25) is 0 Å². The maximum atomic E-state index is 12.0. The Hall–Kier alpha value is -0.260. The number of ketones is 1. The highest BCUT2D eigenvalue weighted by Gasteiger charge is 2.24. The van der Waals surface area contributed by atoms with Gasteiger partial charge in [0, 0.05) is 19.4 Å². The Balaban J connectivity index is 3.73. The lowest BCUT2D eigenvalue weighted by Gasteiger charge is -2.18. The number of likely N-dealkylation sites (N-methyl/N-ethyl adjacent to an activating group) is 1. The van der Waals surface area contributed by atoms with Crippen LogP contribution >= 0.6 is 7.82 Å². The minimum Gasteiger partial charge on any atom is -0.317 e. The van der Waals surface area contributed by atoms with Crippen molar-refractivity contribution in [1.82, 2.24) is 5.32 Å². The number of hydrogen-bond donors (Lipinski definition) is 2. The van der Waals surface area contributed by atoms with Gasteiger partial charge in [0.1, 0.15) is 5.78 Å². The fourth-order valence-corrected chi connectivity index (χ4v) is 5.16. The third-order valence-electron chi connectivity index (χ3n) is 6.71. The monoisotopic (exact) mass is 519 g/mol. The summed E-state index contributed by atoms with van der Waals surface area (Å²) in [4.78, 5) is 21.7. The fourth-order valence-electron chi connectivity index (χ4n) is 4.37. The van der Waals surface area contributed by atoms with Gasteiger partial charge in [-0.25, -0.2) is 4.57 Å². The van der Waals surface area contributed by atoms with Crippen LogP contribution in [0.3, 0.4) is 0 Å². The molecule has 0 saturated carbocycles. The van der Waals surface area contributed by atoms with Crippen molar-refractivity contribution in [2.45, 2.75) is 142 Å². The van der Waals surface area contributed by atoms with Crippen molar-refractivity contribution < 1.29 is 23.3 Å². The number of hydrogen-bond acceptors (Lipinski definition) is 5. The summed E-state index contributed by atoms with van der Waals surface area (Å²) in [5, 5.41) is 2.86. The van der Waals surface area contributed by atoms with E-state index in [9.17, 15) is 14.3 Å². The van der Waals surface area contributed by atoms with Crippen molar-refractivity contribution in [3.05, 3.63) is 0 Å². The molecule has 0 aliphatic carbocycles. The molecule has 2 N–H and O–H groups in total. The minimum absolute atomic E-state index is 0.0211. The molecule has 0 radical (unpaired) electrons. The van der Waals surface area contributed by atoms with E-state index in [1.807, 2.05) is 6.92 Å². The number of rotatable bonds is 28. The highest BCUT2D eigenvalue weighted by molar-refractivity contribution is 7.47. The number of carbonyl (C=O) groups excluding carboxylic acids is 1. The largest absolute Gasteiger partial charge is 0.472 e. The van der Waals surface area contributed by atoms with E-state index in [-0.39, 0.29) is 24.9 Å². The van der Waals surface area contributed by atoms with Gasteiger partial charge in [0.05, 0.1) is 13.2 Å². The van der Waals surface area contributed by atoms with Gasteiger partial charge in [-0.1, -0.05) is 123 Å². The Labute approximate surface area is 217 Å². The normalized spacial score (nSPS) is 14.2. The zero-order chi connectivity index (χ0) is 26.0. The summed E-state index contributed by atoms with van der Waals surface area (Å²) >= 11 is 0. The van der Waals surface area contributed by atoms with E-state index in [1.54, 1.807) is 7.05 Å². The van der Waals surface area contributed by atoms with Crippen LogP contribution in [0.25, 0.3) is 0 Å². The van der Waals surface area contributed by atoms with Crippen LogP contribution in [-0.4, -0.2) is 37.5 Å². The third kappa shape index (κ3) is 25.2. The standard InChI is InChI=1S/C28H58NO5P/c1-4-6-7-8-9-10-11-12-13-14-15-16-17-18-19-20-21-22-27(25-28(30)5-2)26-34-35(31,32)33-24-23-29-3/h27,29H,4-26H2,1-3H3,(H,31,32). The van der Waals surface area contributed by atoms with E-state index in [2.05, 4.69) is 12.2 Å². The first kappa shape index (κ1) is 34.7. The average molecular weight is 520 g/mol. The molecule has 0 bridgehead atoms. The van der Waals surface area contributed by atoms with Crippen molar-refractivity contribution in [3.63, 3.8) is 0 Å². The lowest BCUT2D eigenvalue weighted by molar-refractivity contribution is -0.120. The zero-order valence-electron chi connectivity index (χ0n) is 23.4. The smallest absolute Gasteiger partial charge is 0.317 e. The van der Waals surface area contributed by atoms with Crippen molar-refractivity contribution >= 4 is 13.6 Å². The highest BCUT2D eigenvalue weighted by atomic mass is 31.2. The van der Waals surface area contributed by atoms with Gasteiger partial charge in [0.25, 0.3) is 0 Å². The van der Waals surface area contributed by atoms with Crippen molar-refractivity contribution in [3.8, 4) is 0 Å². The van der Waals surface area contributed by atoms with Crippen molar-refractivity contribution in [2.24, 2.45) is 5.92 Å². The second kappa shape index (κ2) is 25.4. The summed E-state index contributed by atoms with van der Waals surface area (Å²) in [6.45, 7) is 4.81. The molecule has 2 unspecified atom stereocenters. The molecule has 0 aromatic heterocycles. The van der Waals surface area contributed by atoms with E-state index in [1.165, 1.54) is 96.3 Å². The quantitative estimate of drug-likeness (QED) is 0.0798. The second-order valence-corrected chi connectivity index (χ2v) is 11.6. The Morgan fingerprint density at radius 2 is 1.23 bits per heavy atom. The summed E-state index contributed by atoms with van der Waals surface area (Å²) in [6, 6.07) is 0. The molecule has 0 spiro atoms. The van der Waals surface area contributed by atoms with Gasteiger partial charge in [-0.05, 0) is 19.4 Å². The maximum Gasteiger partial charge on any atom is 0.472 e. The van der Waals surface area contributed by atoms with Crippen LogP contribution in [0.15, 0.2) is 0 Å². The molecular formula is C28H58NO5P. The van der Waals surface area contributed by atoms with Crippen molar-refractivity contribution in [2.75, 3.05) is 26.8 Å². The molecular weight excluding hydrogens is 461 g/mol.